The van der Waals surface area contributed by atoms with Gasteiger partial charge in [-0.25, -0.2) is 0 Å². The first kappa shape index (κ1) is 13.4. The highest BCUT2D eigenvalue weighted by Gasteiger charge is 2.18. The number of rotatable bonds is 6. The summed E-state index contributed by atoms with van der Waals surface area (Å²) in [7, 11) is 1.62. The summed E-state index contributed by atoms with van der Waals surface area (Å²) in [5.74, 6) is 0.248. The molecule has 0 aliphatic carbocycles. The van der Waals surface area contributed by atoms with Crippen LogP contribution in [0.25, 0.3) is 0 Å². The first-order chi connectivity index (χ1) is 8.04. The molecule has 0 bridgehead atoms. The van der Waals surface area contributed by atoms with E-state index < -0.39 is 5.92 Å². The van der Waals surface area contributed by atoms with E-state index in [0.29, 0.717) is 6.42 Å². The van der Waals surface area contributed by atoms with Gasteiger partial charge in [0.1, 0.15) is 17.3 Å². The third-order valence-electron chi connectivity index (χ3n) is 2.86. The lowest BCUT2D eigenvalue weighted by atomic mass is 9.93. The van der Waals surface area contributed by atoms with Crippen molar-refractivity contribution in [3.63, 3.8) is 0 Å². The van der Waals surface area contributed by atoms with Crippen molar-refractivity contribution in [2.24, 2.45) is 5.92 Å². The minimum absolute atomic E-state index is 0.0500. The zero-order valence-corrected chi connectivity index (χ0v) is 10.5. The van der Waals surface area contributed by atoms with E-state index >= 15 is 0 Å². The van der Waals surface area contributed by atoms with Crippen molar-refractivity contribution in [1.82, 2.24) is 0 Å². The number of ketones is 2. The van der Waals surface area contributed by atoms with Crippen molar-refractivity contribution in [3.05, 3.63) is 29.8 Å². The van der Waals surface area contributed by atoms with Gasteiger partial charge in [0, 0.05) is 0 Å². The van der Waals surface area contributed by atoms with Gasteiger partial charge in [-0.3, -0.25) is 9.59 Å². The summed E-state index contributed by atoms with van der Waals surface area (Å²) in [6.07, 6.45) is 1.31. The topological polar surface area (TPSA) is 43.4 Å². The van der Waals surface area contributed by atoms with Gasteiger partial charge in [0.25, 0.3) is 0 Å². The molecule has 1 aromatic carbocycles. The third kappa shape index (κ3) is 4.02. The molecule has 92 valence electrons. The third-order valence-corrected chi connectivity index (χ3v) is 2.86. The monoisotopic (exact) mass is 234 g/mol. The molecule has 0 aliphatic heterocycles. The van der Waals surface area contributed by atoms with Gasteiger partial charge in [0.2, 0.25) is 0 Å². The Bertz CT molecular complexity index is 378. The Morgan fingerprint density at radius 2 is 1.65 bits per heavy atom. The summed E-state index contributed by atoms with van der Waals surface area (Å²) < 4.78 is 5.06. The number of ether oxygens (including phenoxy) is 1. The molecule has 3 heteroatoms. The van der Waals surface area contributed by atoms with Gasteiger partial charge >= 0.3 is 0 Å². The maximum absolute atomic E-state index is 11.3. The zero-order valence-electron chi connectivity index (χ0n) is 10.5. The standard InChI is InChI=1S/C14H18O3/c1-10(15)14(11(2)16)9-6-12-4-7-13(17-3)8-5-12/h4-5,7-8,14H,6,9H2,1-3H3. The van der Waals surface area contributed by atoms with Crippen LogP contribution in [0.2, 0.25) is 0 Å². The molecule has 0 saturated heterocycles. The Hall–Kier alpha value is -1.64. The molecule has 0 spiro atoms. The second-order valence-electron chi connectivity index (χ2n) is 4.16. The van der Waals surface area contributed by atoms with Crippen molar-refractivity contribution >= 4 is 11.6 Å². The van der Waals surface area contributed by atoms with Gasteiger partial charge in [0.15, 0.2) is 0 Å². The average Bonchev–Trinajstić information content (AvgIpc) is 2.29. The largest absolute Gasteiger partial charge is 0.497 e. The van der Waals surface area contributed by atoms with Crippen molar-refractivity contribution < 1.29 is 14.3 Å². The molecule has 0 atom stereocenters. The Morgan fingerprint density at radius 3 is 2.06 bits per heavy atom. The molecule has 0 unspecified atom stereocenters. The van der Waals surface area contributed by atoms with Gasteiger partial charge in [-0.2, -0.15) is 0 Å². The molecule has 0 radical (unpaired) electrons. The number of hydrogen-bond acceptors (Lipinski definition) is 3. The fourth-order valence-corrected chi connectivity index (χ4v) is 1.80. The fraction of sp³-hybridized carbons (Fsp3) is 0.429. The molecule has 0 aromatic heterocycles. The van der Waals surface area contributed by atoms with Crippen LogP contribution in [0.1, 0.15) is 25.8 Å². The average molecular weight is 234 g/mol. The molecule has 0 aliphatic rings. The van der Waals surface area contributed by atoms with Crippen LogP contribution in [0.4, 0.5) is 0 Å². The molecule has 1 rings (SSSR count). The van der Waals surface area contributed by atoms with Crippen LogP contribution in [-0.4, -0.2) is 18.7 Å². The Balaban J connectivity index is 2.59. The van der Waals surface area contributed by atoms with E-state index in [2.05, 4.69) is 0 Å². The van der Waals surface area contributed by atoms with Gasteiger partial charge < -0.3 is 4.74 Å². The molecule has 0 fully saturated rings. The minimum atomic E-state index is -0.461. The van der Waals surface area contributed by atoms with Crippen LogP contribution in [0.3, 0.4) is 0 Å². The Labute approximate surface area is 102 Å². The number of hydrogen-bond donors (Lipinski definition) is 0. The highest BCUT2D eigenvalue weighted by Crippen LogP contribution is 2.15. The molecule has 3 nitrogen and oxygen atoms in total. The van der Waals surface area contributed by atoms with Gasteiger partial charge in [-0.15, -0.1) is 0 Å². The van der Waals surface area contributed by atoms with Gasteiger partial charge in [0.05, 0.1) is 13.0 Å². The molecule has 17 heavy (non-hydrogen) atoms. The van der Waals surface area contributed by atoms with E-state index in [0.717, 1.165) is 17.7 Å². The van der Waals surface area contributed by atoms with Gasteiger partial charge in [-0.1, -0.05) is 12.1 Å². The quantitative estimate of drug-likeness (QED) is 0.710. The second-order valence-corrected chi connectivity index (χ2v) is 4.16. The predicted molar refractivity (Wildman–Crippen MR) is 66.2 cm³/mol. The van der Waals surface area contributed by atoms with Crippen LogP contribution in [-0.2, 0) is 16.0 Å². The number of benzene rings is 1. The Kier molecular flexibility index (Phi) is 4.88. The summed E-state index contributed by atoms with van der Waals surface area (Å²) in [5.41, 5.74) is 1.11. The van der Waals surface area contributed by atoms with Crippen LogP contribution < -0.4 is 4.74 Å². The zero-order chi connectivity index (χ0) is 12.8. The van der Waals surface area contributed by atoms with Crippen LogP contribution in [0, 0.1) is 5.92 Å². The van der Waals surface area contributed by atoms with E-state index in [-0.39, 0.29) is 11.6 Å². The van der Waals surface area contributed by atoms with E-state index in [4.69, 9.17) is 4.74 Å². The molecular weight excluding hydrogens is 216 g/mol. The summed E-state index contributed by atoms with van der Waals surface area (Å²) in [5, 5.41) is 0. The summed E-state index contributed by atoms with van der Waals surface area (Å²) in [6, 6.07) is 7.67. The number of Topliss-reactive ketones (excluding diaryl/α,β-unsaturated/α-hetero) is 2. The first-order valence-electron chi connectivity index (χ1n) is 5.68. The van der Waals surface area contributed by atoms with Crippen molar-refractivity contribution in [2.75, 3.05) is 7.11 Å². The van der Waals surface area contributed by atoms with E-state index in [1.165, 1.54) is 13.8 Å². The molecule has 0 amide bonds. The van der Waals surface area contributed by atoms with E-state index in [1.54, 1.807) is 7.11 Å². The lowest BCUT2D eigenvalue weighted by Gasteiger charge is -2.10. The summed E-state index contributed by atoms with van der Waals surface area (Å²) >= 11 is 0. The van der Waals surface area contributed by atoms with E-state index in [1.807, 2.05) is 24.3 Å². The highest BCUT2D eigenvalue weighted by atomic mass is 16.5. The normalized spacial score (nSPS) is 10.4. The number of carbonyl (C=O) groups excluding carboxylic acids is 2. The highest BCUT2D eigenvalue weighted by molar-refractivity contribution is 6.00. The minimum Gasteiger partial charge on any atom is -0.497 e. The predicted octanol–water partition coefficient (Wildman–Crippen LogP) is 2.42. The van der Waals surface area contributed by atoms with Crippen LogP contribution in [0.5, 0.6) is 5.75 Å². The van der Waals surface area contributed by atoms with Crippen LogP contribution in [0.15, 0.2) is 24.3 Å². The lowest BCUT2D eigenvalue weighted by Crippen LogP contribution is -2.20. The molecule has 0 saturated carbocycles. The van der Waals surface area contributed by atoms with Crippen molar-refractivity contribution in [1.29, 1.82) is 0 Å². The first-order valence-corrected chi connectivity index (χ1v) is 5.68. The number of carbonyl (C=O) groups is 2. The summed E-state index contributed by atoms with van der Waals surface area (Å²) in [6.45, 7) is 2.94. The molecule has 1 aromatic rings. The number of methoxy groups -OCH3 is 1. The SMILES string of the molecule is COc1ccc(CCC(C(C)=O)C(C)=O)cc1. The maximum Gasteiger partial charge on any atom is 0.140 e. The second kappa shape index (κ2) is 6.18. The van der Waals surface area contributed by atoms with Crippen molar-refractivity contribution in [3.8, 4) is 5.75 Å². The molecular formula is C14H18O3. The molecule has 0 heterocycles. The fourth-order valence-electron chi connectivity index (χ4n) is 1.80. The summed E-state index contributed by atoms with van der Waals surface area (Å²) in [4.78, 5) is 22.5. The maximum atomic E-state index is 11.3. The van der Waals surface area contributed by atoms with Crippen LogP contribution >= 0.6 is 0 Å². The Morgan fingerprint density at radius 1 is 1.12 bits per heavy atom. The lowest BCUT2D eigenvalue weighted by molar-refractivity contribution is -0.130. The van der Waals surface area contributed by atoms with Gasteiger partial charge in [-0.05, 0) is 44.4 Å². The van der Waals surface area contributed by atoms with Crippen molar-refractivity contribution in [2.45, 2.75) is 26.7 Å². The van der Waals surface area contributed by atoms with E-state index in [9.17, 15) is 9.59 Å². The molecule has 0 N–H and O–H groups in total. The smallest absolute Gasteiger partial charge is 0.140 e. The number of aryl methyl sites for hydroxylation is 1.